The highest BCUT2D eigenvalue weighted by Gasteiger charge is 2.33. The molecule has 1 aliphatic heterocycles. The third kappa shape index (κ3) is 1.65. The number of hydrogen-bond donors (Lipinski definition) is 0. The van der Waals surface area contributed by atoms with Crippen molar-refractivity contribution in [3.63, 3.8) is 0 Å². The standard InChI is InChI=1S/C11H13N3OS/c1-2-7-5-9(15)14(6-7)11-13-12-10(16-11)8-3-4-8/h2,7-8H,1,3-6H2. The molecule has 1 aliphatic carbocycles. The normalized spacial score (nSPS) is 25.1. The van der Waals surface area contributed by atoms with Crippen molar-refractivity contribution >= 4 is 22.4 Å². The maximum Gasteiger partial charge on any atom is 0.229 e. The summed E-state index contributed by atoms with van der Waals surface area (Å²) >= 11 is 1.57. The first-order valence-corrected chi connectivity index (χ1v) is 6.36. The average Bonchev–Trinajstić information content (AvgIpc) is 2.89. The van der Waals surface area contributed by atoms with Gasteiger partial charge in [-0.2, -0.15) is 0 Å². The summed E-state index contributed by atoms with van der Waals surface area (Å²) in [5.41, 5.74) is 0. The number of rotatable bonds is 3. The van der Waals surface area contributed by atoms with Crippen molar-refractivity contribution in [3.8, 4) is 0 Å². The lowest BCUT2D eigenvalue weighted by Gasteiger charge is -2.10. The topological polar surface area (TPSA) is 46.1 Å². The highest BCUT2D eigenvalue weighted by atomic mass is 32.1. The van der Waals surface area contributed by atoms with E-state index in [9.17, 15) is 4.79 Å². The van der Waals surface area contributed by atoms with Gasteiger partial charge in [0.1, 0.15) is 5.01 Å². The van der Waals surface area contributed by atoms with Crippen LogP contribution in [0.1, 0.15) is 30.2 Å². The summed E-state index contributed by atoms with van der Waals surface area (Å²) in [6.07, 6.45) is 4.85. The molecule has 2 fully saturated rings. The highest BCUT2D eigenvalue weighted by Crippen LogP contribution is 2.43. The van der Waals surface area contributed by atoms with Crippen molar-refractivity contribution in [2.45, 2.75) is 25.2 Å². The van der Waals surface area contributed by atoms with Crippen LogP contribution in [0.3, 0.4) is 0 Å². The van der Waals surface area contributed by atoms with Crippen LogP contribution >= 0.6 is 11.3 Å². The number of nitrogens with zero attached hydrogens (tertiary/aromatic N) is 3. The van der Waals surface area contributed by atoms with E-state index in [-0.39, 0.29) is 11.8 Å². The van der Waals surface area contributed by atoms with Gasteiger partial charge in [-0.1, -0.05) is 17.4 Å². The van der Waals surface area contributed by atoms with Crippen LogP contribution in [0.4, 0.5) is 5.13 Å². The summed E-state index contributed by atoms with van der Waals surface area (Å²) in [6.45, 7) is 4.45. The van der Waals surface area contributed by atoms with E-state index < -0.39 is 0 Å². The number of amides is 1. The van der Waals surface area contributed by atoms with Crippen LogP contribution in [-0.4, -0.2) is 22.6 Å². The Hall–Kier alpha value is -1.23. The summed E-state index contributed by atoms with van der Waals surface area (Å²) in [5.74, 6) is 1.02. The van der Waals surface area contributed by atoms with Gasteiger partial charge in [-0.05, 0) is 12.8 Å². The van der Waals surface area contributed by atoms with Crippen molar-refractivity contribution in [2.75, 3.05) is 11.4 Å². The molecule has 2 aliphatic rings. The van der Waals surface area contributed by atoms with Crippen LogP contribution in [-0.2, 0) is 4.79 Å². The Balaban J connectivity index is 1.80. The number of hydrogen-bond acceptors (Lipinski definition) is 4. The van der Waals surface area contributed by atoms with Gasteiger partial charge in [0.15, 0.2) is 0 Å². The maximum atomic E-state index is 11.8. The molecule has 0 N–H and O–H groups in total. The van der Waals surface area contributed by atoms with Crippen molar-refractivity contribution in [3.05, 3.63) is 17.7 Å². The van der Waals surface area contributed by atoms with Crippen molar-refractivity contribution in [2.24, 2.45) is 5.92 Å². The number of carbonyl (C=O) groups is 1. The molecule has 5 heteroatoms. The molecule has 2 heterocycles. The lowest BCUT2D eigenvalue weighted by atomic mass is 10.1. The largest absolute Gasteiger partial charge is 0.286 e. The molecule has 16 heavy (non-hydrogen) atoms. The average molecular weight is 235 g/mol. The second kappa shape index (κ2) is 3.66. The molecule has 1 saturated carbocycles. The van der Waals surface area contributed by atoms with Crippen molar-refractivity contribution in [1.82, 2.24) is 10.2 Å². The molecular weight excluding hydrogens is 222 g/mol. The minimum Gasteiger partial charge on any atom is -0.286 e. The van der Waals surface area contributed by atoms with Crippen molar-refractivity contribution in [1.29, 1.82) is 0 Å². The van der Waals surface area contributed by atoms with E-state index in [1.807, 2.05) is 6.08 Å². The SMILES string of the molecule is C=CC1CC(=O)N(c2nnc(C3CC3)s2)C1. The van der Waals surface area contributed by atoms with E-state index in [1.54, 1.807) is 16.2 Å². The molecule has 1 aromatic heterocycles. The van der Waals surface area contributed by atoms with Crippen LogP contribution in [0.2, 0.25) is 0 Å². The molecule has 3 rings (SSSR count). The first-order chi connectivity index (χ1) is 7.78. The lowest BCUT2D eigenvalue weighted by Crippen LogP contribution is -2.24. The zero-order chi connectivity index (χ0) is 11.1. The second-order valence-electron chi connectivity index (χ2n) is 4.40. The van der Waals surface area contributed by atoms with Crippen LogP contribution in [0.5, 0.6) is 0 Å². The van der Waals surface area contributed by atoms with Gasteiger partial charge in [0.2, 0.25) is 11.0 Å². The Morgan fingerprint density at radius 1 is 1.44 bits per heavy atom. The monoisotopic (exact) mass is 235 g/mol. The molecule has 1 atom stereocenters. The minimum absolute atomic E-state index is 0.142. The van der Waals surface area contributed by atoms with Gasteiger partial charge in [-0.3, -0.25) is 9.69 Å². The highest BCUT2D eigenvalue weighted by molar-refractivity contribution is 7.15. The van der Waals surface area contributed by atoms with E-state index >= 15 is 0 Å². The number of anilines is 1. The van der Waals surface area contributed by atoms with Gasteiger partial charge in [-0.15, -0.1) is 16.8 Å². The van der Waals surface area contributed by atoms with Crippen LogP contribution in [0, 0.1) is 5.92 Å². The Kier molecular flexibility index (Phi) is 2.28. The molecule has 0 bridgehead atoms. The van der Waals surface area contributed by atoms with E-state index in [0.717, 1.165) is 10.1 Å². The quantitative estimate of drug-likeness (QED) is 0.752. The number of carbonyl (C=O) groups excluding carboxylic acids is 1. The van der Waals surface area contributed by atoms with E-state index in [0.29, 0.717) is 18.9 Å². The van der Waals surface area contributed by atoms with Gasteiger partial charge >= 0.3 is 0 Å². The molecule has 1 aromatic rings. The minimum atomic E-state index is 0.142. The molecule has 4 nitrogen and oxygen atoms in total. The fourth-order valence-electron chi connectivity index (χ4n) is 1.91. The Labute approximate surface area is 98.0 Å². The summed E-state index contributed by atoms with van der Waals surface area (Å²) in [4.78, 5) is 13.5. The first-order valence-electron chi connectivity index (χ1n) is 5.54. The predicted octanol–water partition coefficient (Wildman–Crippen LogP) is 1.95. The van der Waals surface area contributed by atoms with Crippen LogP contribution in [0.25, 0.3) is 0 Å². The summed E-state index contributed by atoms with van der Waals surface area (Å²) in [5, 5.41) is 10.1. The van der Waals surface area contributed by atoms with Gasteiger partial charge in [0.05, 0.1) is 0 Å². The zero-order valence-electron chi connectivity index (χ0n) is 8.93. The zero-order valence-corrected chi connectivity index (χ0v) is 9.74. The Morgan fingerprint density at radius 3 is 2.88 bits per heavy atom. The third-order valence-corrected chi connectivity index (χ3v) is 4.18. The van der Waals surface area contributed by atoms with E-state index in [1.165, 1.54) is 12.8 Å². The lowest BCUT2D eigenvalue weighted by molar-refractivity contribution is -0.117. The van der Waals surface area contributed by atoms with Gasteiger partial charge in [-0.25, -0.2) is 0 Å². The van der Waals surface area contributed by atoms with Crippen LogP contribution < -0.4 is 4.90 Å². The van der Waals surface area contributed by atoms with Gasteiger partial charge in [0, 0.05) is 24.8 Å². The molecule has 0 aromatic carbocycles. The molecule has 1 amide bonds. The smallest absolute Gasteiger partial charge is 0.229 e. The molecule has 0 spiro atoms. The molecule has 1 saturated heterocycles. The summed E-state index contributed by atoms with van der Waals surface area (Å²) in [7, 11) is 0. The van der Waals surface area contributed by atoms with Crippen molar-refractivity contribution < 1.29 is 4.79 Å². The Bertz CT molecular complexity index is 438. The summed E-state index contributed by atoms with van der Waals surface area (Å²) < 4.78 is 0. The summed E-state index contributed by atoms with van der Waals surface area (Å²) in [6, 6.07) is 0. The number of aromatic nitrogens is 2. The first kappa shape index (κ1) is 9.96. The molecule has 84 valence electrons. The predicted molar refractivity (Wildman–Crippen MR) is 62.5 cm³/mol. The van der Waals surface area contributed by atoms with E-state index in [2.05, 4.69) is 16.8 Å². The van der Waals surface area contributed by atoms with Crippen LogP contribution in [0.15, 0.2) is 12.7 Å². The Morgan fingerprint density at radius 2 is 2.25 bits per heavy atom. The fraction of sp³-hybridized carbons (Fsp3) is 0.545. The maximum absolute atomic E-state index is 11.8. The molecule has 0 radical (unpaired) electrons. The third-order valence-electron chi connectivity index (χ3n) is 3.08. The molecular formula is C11H13N3OS. The second-order valence-corrected chi connectivity index (χ2v) is 5.39. The fourth-order valence-corrected chi connectivity index (χ4v) is 2.95. The van der Waals surface area contributed by atoms with Gasteiger partial charge in [0.25, 0.3) is 0 Å². The van der Waals surface area contributed by atoms with Gasteiger partial charge < -0.3 is 0 Å². The van der Waals surface area contributed by atoms with E-state index in [4.69, 9.17) is 0 Å². The molecule has 1 unspecified atom stereocenters.